The van der Waals surface area contributed by atoms with Gasteiger partial charge in [-0.1, -0.05) is 18.2 Å². The zero-order valence-corrected chi connectivity index (χ0v) is 13.4. The lowest BCUT2D eigenvalue weighted by molar-refractivity contribution is -0.119. The van der Waals surface area contributed by atoms with Crippen LogP contribution in [0.25, 0.3) is 0 Å². The number of hydrogen-bond acceptors (Lipinski definition) is 4. The number of nitrogens with one attached hydrogen (secondary N) is 1. The number of benzene rings is 1. The molecular formula is C18H18N4O2. The largest absolute Gasteiger partial charge is 0.345 e. The maximum absolute atomic E-state index is 12.3. The highest BCUT2D eigenvalue weighted by Crippen LogP contribution is 2.21. The Labute approximate surface area is 140 Å². The van der Waals surface area contributed by atoms with E-state index in [0.29, 0.717) is 24.4 Å². The first kappa shape index (κ1) is 15.9. The van der Waals surface area contributed by atoms with Crippen molar-refractivity contribution < 1.29 is 9.59 Å². The van der Waals surface area contributed by atoms with E-state index in [1.54, 1.807) is 6.20 Å². The zero-order chi connectivity index (χ0) is 16.9. The molecule has 2 amide bonds. The van der Waals surface area contributed by atoms with Crippen LogP contribution in [0.15, 0.2) is 53.8 Å². The summed E-state index contributed by atoms with van der Waals surface area (Å²) < 4.78 is 0. The van der Waals surface area contributed by atoms with Gasteiger partial charge in [-0.05, 0) is 36.8 Å². The molecular weight excluding hydrogens is 304 g/mol. The van der Waals surface area contributed by atoms with Gasteiger partial charge in [-0.2, -0.15) is 5.10 Å². The lowest BCUT2D eigenvalue weighted by atomic mass is 10.1. The second-order valence-electron chi connectivity index (χ2n) is 5.59. The summed E-state index contributed by atoms with van der Waals surface area (Å²) in [6.07, 6.45) is 2.29. The van der Waals surface area contributed by atoms with E-state index in [1.807, 2.05) is 49.4 Å². The summed E-state index contributed by atoms with van der Waals surface area (Å²) in [4.78, 5) is 28.6. The number of carbonyl (C=O) groups excluding carboxylic acids is 2. The topological polar surface area (TPSA) is 74.7 Å². The fourth-order valence-electron chi connectivity index (χ4n) is 2.45. The Kier molecular flexibility index (Phi) is 4.65. The van der Waals surface area contributed by atoms with Crippen LogP contribution in [-0.4, -0.2) is 22.5 Å². The molecule has 0 atom stereocenters. The molecule has 0 saturated heterocycles. The van der Waals surface area contributed by atoms with Gasteiger partial charge in [0.2, 0.25) is 5.91 Å². The van der Waals surface area contributed by atoms with E-state index in [2.05, 4.69) is 15.4 Å². The van der Waals surface area contributed by atoms with Crippen molar-refractivity contribution in [1.82, 2.24) is 10.3 Å². The Balaban J connectivity index is 1.73. The van der Waals surface area contributed by atoms with Crippen LogP contribution in [0.5, 0.6) is 0 Å². The second kappa shape index (κ2) is 7.04. The van der Waals surface area contributed by atoms with Crippen LogP contribution in [0.4, 0.5) is 5.69 Å². The molecule has 0 aliphatic carbocycles. The van der Waals surface area contributed by atoms with Crippen molar-refractivity contribution in [2.45, 2.75) is 26.3 Å². The van der Waals surface area contributed by atoms with Gasteiger partial charge < -0.3 is 5.32 Å². The van der Waals surface area contributed by atoms with Gasteiger partial charge in [-0.15, -0.1) is 0 Å². The Morgan fingerprint density at radius 2 is 2.08 bits per heavy atom. The highest BCUT2D eigenvalue weighted by molar-refractivity contribution is 6.40. The molecule has 122 valence electrons. The minimum atomic E-state index is -0.272. The molecule has 0 fully saturated rings. The molecule has 1 aliphatic rings. The zero-order valence-electron chi connectivity index (χ0n) is 13.4. The number of aryl methyl sites for hydroxylation is 1. The average Bonchev–Trinajstić information content (AvgIpc) is 2.61. The Bertz CT molecular complexity index is 787. The number of hydrazone groups is 1. The average molecular weight is 322 g/mol. The predicted octanol–water partition coefficient (Wildman–Crippen LogP) is 2.19. The minimum Gasteiger partial charge on any atom is -0.345 e. The smallest absolute Gasteiger partial charge is 0.267 e. The fraction of sp³-hybridized carbons (Fsp3) is 0.222. The number of carbonyl (C=O) groups is 2. The summed E-state index contributed by atoms with van der Waals surface area (Å²) in [6.45, 7) is 2.28. The lowest BCUT2D eigenvalue weighted by Gasteiger charge is -2.23. The minimum absolute atomic E-state index is 0.109. The highest BCUT2D eigenvalue weighted by Gasteiger charge is 2.25. The second-order valence-corrected chi connectivity index (χ2v) is 5.59. The summed E-state index contributed by atoms with van der Waals surface area (Å²) in [5.41, 5.74) is 2.83. The number of hydrogen-bond donors (Lipinski definition) is 1. The molecule has 0 radical (unpaired) electrons. The third kappa shape index (κ3) is 3.65. The molecule has 0 bridgehead atoms. The van der Waals surface area contributed by atoms with Gasteiger partial charge in [0.05, 0.1) is 17.9 Å². The van der Waals surface area contributed by atoms with Crippen LogP contribution in [0.1, 0.15) is 24.1 Å². The molecule has 6 heteroatoms. The fourth-order valence-corrected chi connectivity index (χ4v) is 2.45. The third-order valence-corrected chi connectivity index (χ3v) is 3.70. The van der Waals surface area contributed by atoms with E-state index < -0.39 is 0 Å². The Morgan fingerprint density at radius 1 is 1.21 bits per heavy atom. The van der Waals surface area contributed by atoms with E-state index in [-0.39, 0.29) is 18.2 Å². The van der Waals surface area contributed by atoms with Crippen molar-refractivity contribution in [2.24, 2.45) is 5.10 Å². The SMILES string of the molecule is Cc1cccc(N2N=C(C(=O)NCc3ccccn3)CCC2=O)c1. The molecule has 0 unspecified atom stereocenters. The number of rotatable bonds is 4. The van der Waals surface area contributed by atoms with Crippen molar-refractivity contribution >= 4 is 23.2 Å². The van der Waals surface area contributed by atoms with Crippen molar-refractivity contribution in [3.63, 3.8) is 0 Å². The number of nitrogens with zero attached hydrogens (tertiary/aromatic N) is 3. The van der Waals surface area contributed by atoms with E-state index in [9.17, 15) is 9.59 Å². The first-order chi connectivity index (χ1) is 11.6. The normalized spacial score (nSPS) is 14.3. The number of pyridine rings is 1. The van der Waals surface area contributed by atoms with Crippen LogP contribution < -0.4 is 10.3 Å². The van der Waals surface area contributed by atoms with Gasteiger partial charge in [-0.25, -0.2) is 5.01 Å². The van der Waals surface area contributed by atoms with E-state index in [0.717, 1.165) is 11.3 Å². The Hall–Kier alpha value is -3.02. The first-order valence-corrected chi connectivity index (χ1v) is 7.79. The van der Waals surface area contributed by atoms with Crippen LogP contribution in [-0.2, 0) is 16.1 Å². The molecule has 2 heterocycles. The van der Waals surface area contributed by atoms with Gasteiger partial charge in [0.1, 0.15) is 5.71 Å². The molecule has 1 aromatic carbocycles. The summed E-state index contributed by atoms with van der Waals surface area (Å²) >= 11 is 0. The maximum atomic E-state index is 12.3. The lowest BCUT2D eigenvalue weighted by Crippen LogP contribution is -2.39. The number of amides is 2. The quantitative estimate of drug-likeness (QED) is 0.937. The predicted molar refractivity (Wildman–Crippen MR) is 91.4 cm³/mol. The van der Waals surface area contributed by atoms with Crippen LogP contribution in [0.3, 0.4) is 0 Å². The number of anilines is 1. The maximum Gasteiger partial charge on any atom is 0.267 e. The molecule has 6 nitrogen and oxygen atoms in total. The summed E-state index contributed by atoms with van der Waals surface area (Å²) in [7, 11) is 0. The Morgan fingerprint density at radius 3 is 2.83 bits per heavy atom. The van der Waals surface area contributed by atoms with Crippen molar-refractivity contribution in [3.05, 3.63) is 59.9 Å². The molecule has 3 rings (SSSR count). The summed E-state index contributed by atoms with van der Waals surface area (Å²) in [6, 6.07) is 13.0. The van der Waals surface area contributed by atoms with E-state index in [4.69, 9.17) is 0 Å². The van der Waals surface area contributed by atoms with Gasteiger partial charge >= 0.3 is 0 Å². The summed E-state index contributed by atoms with van der Waals surface area (Å²) in [5.74, 6) is -0.382. The van der Waals surface area contributed by atoms with Crippen molar-refractivity contribution in [2.75, 3.05) is 5.01 Å². The van der Waals surface area contributed by atoms with E-state index >= 15 is 0 Å². The van der Waals surface area contributed by atoms with Gasteiger partial charge in [0.15, 0.2) is 0 Å². The molecule has 24 heavy (non-hydrogen) atoms. The van der Waals surface area contributed by atoms with Gasteiger partial charge in [-0.3, -0.25) is 14.6 Å². The molecule has 0 spiro atoms. The first-order valence-electron chi connectivity index (χ1n) is 7.79. The highest BCUT2D eigenvalue weighted by atomic mass is 16.2. The number of aromatic nitrogens is 1. The van der Waals surface area contributed by atoms with Crippen molar-refractivity contribution in [1.29, 1.82) is 0 Å². The molecule has 0 saturated carbocycles. The van der Waals surface area contributed by atoms with Crippen LogP contribution >= 0.6 is 0 Å². The third-order valence-electron chi connectivity index (χ3n) is 3.70. The van der Waals surface area contributed by atoms with Crippen LogP contribution in [0, 0.1) is 6.92 Å². The molecule has 1 N–H and O–H groups in total. The standard InChI is InChI=1S/C18H18N4O2/c1-13-5-4-7-15(11-13)22-17(23)9-8-16(21-22)18(24)20-12-14-6-2-3-10-19-14/h2-7,10-11H,8-9,12H2,1H3,(H,20,24). The molecule has 2 aromatic rings. The summed E-state index contributed by atoms with van der Waals surface area (Å²) in [5, 5.41) is 8.36. The molecule has 1 aliphatic heterocycles. The van der Waals surface area contributed by atoms with E-state index in [1.165, 1.54) is 5.01 Å². The van der Waals surface area contributed by atoms with Crippen LogP contribution in [0.2, 0.25) is 0 Å². The monoisotopic (exact) mass is 322 g/mol. The van der Waals surface area contributed by atoms with Gasteiger partial charge in [0, 0.05) is 19.0 Å². The molecule has 1 aromatic heterocycles. The van der Waals surface area contributed by atoms with Crippen molar-refractivity contribution in [3.8, 4) is 0 Å². The van der Waals surface area contributed by atoms with Gasteiger partial charge in [0.25, 0.3) is 5.91 Å².